The molecule has 1 atom stereocenters. The minimum atomic E-state index is -0.0354. The molecule has 1 aromatic heterocycles. The fourth-order valence-electron chi connectivity index (χ4n) is 2.82. The van der Waals surface area contributed by atoms with Crippen LogP contribution in [0.4, 0.5) is 11.4 Å². The molecule has 4 heteroatoms. The average Bonchev–Trinajstić information content (AvgIpc) is 2.54. The number of carbonyl (C=O) groups excluding carboxylic acids is 1. The number of fused-ring (bicyclic) bond motifs is 1. The van der Waals surface area contributed by atoms with Crippen LogP contribution in [-0.2, 0) is 6.42 Å². The maximum atomic E-state index is 12.9. The van der Waals surface area contributed by atoms with Crippen molar-refractivity contribution < 1.29 is 4.79 Å². The number of nitrogens with zero attached hydrogens (tertiary/aromatic N) is 2. The maximum absolute atomic E-state index is 12.9. The fourth-order valence-corrected chi connectivity index (χ4v) is 2.82. The van der Waals surface area contributed by atoms with Crippen LogP contribution >= 0.6 is 0 Å². The zero-order chi connectivity index (χ0) is 14.8. The summed E-state index contributed by atoms with van der Waals surface area (Å²) >= 11 is 0. The summed E-state index contributed by atoms with van der Waals surface area (Å²) < 4.78 is 0. The maximum Gasteiger partial charge on any atom is 0.277 e. The molecule has 0 saturated heterocycles. The molecule has 0 spiro atoms. The zero-order valence-electron chi connectivity index (χ0n) is 12.3. The van der Waals surface area contributed by atoms with E-state index in [-0.39, 0.29) is 11.9 Å². The molecule has 1 unspecified atom stereocenters. The Morgan fingerprint density at radius 1 is 1.33 bits per heavy atom. The zero-order valence-corrected chi connectivity index (χ0v) is 12.3. The Labute approximate surface area is 124 Å². The molecule has 0 fully saturated rings. The Kier molecular flexibility index (Phi) is 3.60. The minimum Gasteiger partial charge on any atom is -0.388 e. The summed E-state index contributed by atoms with van der Waals surface area (Å²) in [6.45, 7) is 2.09. The first-order valence-corrected chi connectivity index (χ1v) is 7.26. The van der Waals surface area contributed by atoms with Crippen molar-refractivity contribution >= 4 is 17.3 Å². The third-order valence-electron chi connectivity index (χ3n) is 4.01. The van der Waals surface area contributed by atoms with Gasteiger partial charge in [0.25, 0.3) is 5.91 Å². The average molecular weight is 281 g/mol. The molecule has 2 heterocycles. The number of amides is 1. The molecular weight excluding hydrogens is 262 g/mol. The highest BCUT2D eigenvalue weighted by Gasteiger charge is 2.29. The van der Waals surface area contributed by atoms with Gasteiger partial charge in [0.1, 0.15) is 5.69 Å². The third kappa shape index (κ3) is 2.49. The first-order chi connectivity index (χ1) is 10.2. The number of anilines is 2. The number of rotatable bonds is 2. The van der Waals surface area contributed by atoms with E-state index in [1.165, 1.54) is 5.56 Å². The quantitative estimate of drug-likeness (QED) is 0.920. The van der Waals surface area contributed by atoms with E-state index in [2.05, 4.69) is 23.3 Å². The van der Waals surface area contributed by atoms with Crippen molar-refractivity contribution in [2.75, 3.05) is 17.3 Å². The van der Waals surface area contributed by atoms with Gasteiger partial charge in [-0.25, -0.2) is 0 Å². The molecule has 21 heavy (non-hydrogen) atoms. The second-order valence-corrected chi connectivity index (χ2v) is 5.37. The van der Waals surface area contributed by atoms with E-state index in [1.807, 2.05) is 36.2 Å². The predicted molar refractivity (Wildman–Crippen MR) is 84.8 cm³/mol. The van der Waals surface area contributed by atoms with Crippen LogP contribution in [0.5, 0.6) is 0 Å². The van der Waals surface area contributed by atoms with E-state index in [4.69, 9.17) is 0 Å². The van der Waals surface area contributed by atoms with E-state index in [0.717, 1.165) is 24.2 Å². The standard InChI is InChI=1S/C17H19N3O/c1-12-7-8-13-5-3-4-6-16(13)20(12)17(21)15-11-14(18-2)9-10-19-15/h3-6,9-12H,7-8H2,1-2H3,(H,18,19). The molecular formula is C17H19N3O. The molecule has 1 aliphatic heterocycles. The van der Waals surface area contributed by atoms with Gasteiger partial charge >= 0.3 is 0 Å². The van der Waals surface area contributed by atoms with Crippen LogP contribution in [0.3, 0.4) is 0 Å². The molecule has 0 aliphatic carbocycles. The highest BCUT2D eigenvalue weighted by Crippen LogP contribution is 2.31. The third-order valence-corrected chi connectivity index (χ3v) is 4.01. The molecule has 1 N–H and O–H groups in total. The lowest BCUT2D eigenvalue weighted by atomic mass is 9.96. The Morgan fingerprint density at radius 2 is 2.14 bits per heavy atom. The van der Waals surface area contributed by atoms with Crippen LogP contribution in [0.15, 0.2) is 42.6 Å². The Bertz CT molecular complexity index is 669. The fraction of sp³-hybridized carbons (Fsp3) is 0.294. The highest BCUT2D eigenvalue weighted by molar-refractivity contribution is 6.06. The summed E-state index contributed by atoms with van der Waals surface area (Å²) in [6.07, 6.45) is 3.67. The van der Waals surface area contributed by atoms with Crippen LogP contribution in [0.25, 0.3) is 0 Å². The summed E-state index contributed by atoms with van der Waals surface area (Å²) in [5.74, 6) is -0.0354. The predicted octanol–water partition coefficient (Wildman–Crippen LogP) is 3.10. The lowest BCUT2D eigenvalue weighted by Crippen LogP contribution is -2.42. The molecule has 0 radical (unpaired) electrons. The summed E-state index contributed by atoms with van der Waals surface area (Å²) in [6, 6.07) is 12.0. The van der Waals surface area contributed by atoms with Crippen molar-refractivity contribution in [3.63, 3.8) is 0 Å². The van der Waals surface area contributed by atoms with Gasteiger partial charge < -0.3 is 10.2 Å². The number of nitrogens with one attached hydrogen (secondary N) is 1. The molecule has 1 aromatic carbocycles. The first-order valence-electron chi connectivity index (χ1n) is 7.26. The van der Waals surface area contributed by atoms with Gasteiger partial charge in [0, 0.05) is 30.7 Å². The van der Waals surface area contributed by atoms with Gasteiger partial charge in [-0.2, -0.15) is 0 Å². The van der Waals surface area contributed by atoms with Gasteiger partial charge in [-0.3, -0.25) is 9.78 Å². The summed E-state index contributed by atoms with van der Waals surface area (Å²) in [5, 5.41) is 3.04. The van der Waals surface area contributed by atoms with Gasteiger partial charge in [-0.1, -0.05) is 18.2 Å². The number of hydrogen-bond acceptors (Lipinski definition) is 3. The van der Waals surface area contributed by atoms with E-state index >= 15 is 0 Å². The van der Waals surface area contributed by atoms with Crippen LogP contribution in [0, 0.1) is 0 Å². The summed E-state index contributed by atoms with van der Waals surface area (Å²) in [4.78, 5) is 19.0. The van der Waals surface area contributed by atoms with Crippen LogP contribution in [0.1, 0.15) is 29.4 Å². The number of aromatic nitrogens is 1. The lowest BCUT2D eigenvalue weighted by molar-refractivity contribution is 0.0970. The van der Waals surface area contributed by atoms with Gasteiger partial charge in [0.2, 0.25) is 0 Å². The SMILES string of the molecule is CNc1ccnc(C(=O)N2c3ccccc3CCC2C)c1. The molecule has 1 aliphatic rings. The Morgan fingerprint density at radius 3 is 2.95 bits per heavy atom. The van der Waals surface area contributed by atoms with E-state index in [1.54, 1.807) is 12.3 Å². The summed E-state index contributed by atoms with van der Waals surface area (Å²) in [5.41, 5.74) is 3.61. The van der Waals surface area contributed by atoms with Gasteiger partial charge in [-0.15, -0.1) is 0 Å². The molecule has 3 rings (SSSR count). The monoisotopic (exact) mass is 281 g/mol. The number of aryl methyl sites for hydroxylation is 1. The van der Waals surface area contributed by atoms with Gasteiger partial charge in [0.05, 0.1) is 0 Å². The van der Waals surface area contributed by atoms with E-state index in [9.17, 15) is 4.79 Å². The highest BCUT2D eigenvalue weighted by atomic mass is 16.2. The number of hydrogen-bond donors (Lipinski definition) is 1. The van der Waals surface area contributed by atoms with Gasteiger partial charge in [0.15, 0.2) is 0 Å². The van der Waals surface area contributed by atoms with Crippen LogP contribution < -0.4 is 10.2 Å². The van der Waals surface area contributed by atoms with Gasteiger partial charge in [-0.05, 0) is 43.5 Å². The molecule has 0 saturated carbocycles. The van der Waals surface area contributed by atoms with Crippen LogP contribution in [-0.4, -0.2) is 24.0 Å². The molecule has 0 bridgehead atoms. The molecule has 2 aromatic rings. The molecule has 1 amide bonds. The topological polar surface area (TPSA) is 45.2 Å². The summed E-state index contributed by atoms with van der Waals surface area (Å²) in [7, 11) is 1.84. The van der Waals surface area contributed by atoms with Crippen molar-refractivity contribution in [1.82, 2.24) is 4.98 Å². The largest absolute Gasteiger partial charge is 0.388 e. The van der Waals surface area contributed by atoms with Crippen molar-refractivity contribution in [2.24, 2.45) is 0 Å². The number of carbonyl (C=O) groups is 1. The normalized spacial score (nSPS) is 17.2. The first kappa shape index (κ1) is 13.6. The second-order valence-electron chi connectivity index (χ2n) is 5.37. The molecule has 108 valence electrons. The lowest BCUT2D eigenvalue weighted by Gasteiger charge is -2.35. The van der Waals surface area contributed by atoms with Crippen LogP contribution in [0.2, 0.25) is 0 Å². The number of pyridine rings is 1. The van der Waals surface area contributed by atoms with Crippen molar-refractivity contribution in [2.45, 2.75) is 25.8 Å². The van der Waals surface area contributed by atoms with E-state index in [0.29, 0.717) is 5.69 Å². The molecule has 4 nitrogen and oxygen atoms in total. The van der Waals surface area contributed by atoms with Crippen molar-refractivity contribution in [3.05, 3.63) is 53.9 Å². The van der Waals surface area contributed by atoms with Crippen molar-refractivity contribution in [3.8, 4) is 0 Å². The van der Waals surface area contributed by atoms with Crippen molar-refractivity contribution in [1.29, 1.82) is 0 Å². The minimum absolute atomic E-state index is 0.0354. The Hall–Kier alpha value is -2.36. The smallest absolute Gasteiger partial charge is 0.277 e. The van der Waals surface area contributed by atoms with E-state index < -0.39 is 0 Å². The second kappa shape index (κ2) is 5.56. The Balaban J connectivity index is 2.00. The number of para-hydroxylation sites is 1. The number of benzene rings is 1.